The molecule has 0 saturated heterocycles. The van der Waals surface area contributed by atoms with Gasteiger partial charge < -0.3 is 30.3 Å². The lowest BCUT2D eigenvalue weighted by molar-refractivity contribution is -0.136. The van der Waals surface area contributed by atoms with Gasteiger partial charge in [0.25, 0.3) is 5.91 Å². The van der Waals surface area contributed by atoms with Gasteiger partial charge in [-0.2, -0.15) is 0 Å². The minimum atomic E-state index is -1.21. The first-order valence-corrected chi connectivity index (χ1v) is 13.9. The van der Waals surface area contributed by atoms with E-state index in [2.05, 4.69) is 16.0 Å². The van der Waals surface area contributed by atoms with E-state index < -0.39 is 29.8 Å². The Bertz CT molecular complexity index is 1380. The van der Waals surface area contributed by atoms with Gasteiger partial charge >= 0.3 is 0 Å². The summed E-state index contributed by atoms with van der Waals surface area (Å²) >= 11 is 0. The maximum absolute atomic E-state index is 13.4. The number of carbonyl (C=O) groups excluding carboxylic acids is 4. The largest absolute Gasteiger partial charge is 0.492 e. The number of nitrogens with zero attached hydrogens (tertiary/aromatic N) is 1. The van der Waals surface area contributed by atoms with E-state index in [0.29, 0.717) is 11.5 Å². The fourth-order valence-corrected chi connectivity index (χ4v) is 4.48. The normalized spacial score (nSPS) is 18.0. The van der Waals surface area contributed by atoms with Crippen LogP contribution in [0.4, 0.5) is 0 Å². The van der Waals surface area contributed by atoms with Gasteiger partial charge in [-0.3, -0.25) is 19.2 Å². The van der Waals surface area contributed by atoms with Crippen molar-refractivity contribution in [2.75, 3.05) is 33.4 Å². The zero-order chi connectivity index (χ0) is 29.9. The SMILES string of the molecule is Cc1ccc(OCCNC(=O)[C@@H]2CC(=O)N[C@@H](Cc3ccccc3)C(=O)N(C)CCOc3ccccc3C(=O)N2)cc1. The summed E-state index contributed by atoms with van der Waals surface area (Å²) in [5.74, 6) is -0.980. The van der Waals surface area contributed by atoms with Crippen LogP contribution in [0.3, 0.4) is 0 Å². The van der Waals surface area contributed by atoms with Gasteiger partial charge in [0.05, 0.1) is 25.1 Å². The molecule has 0 aromatic heterocycles. The Balaban J connectivity index is 1.51. The number of hydrogen-bond acceptors (Lipinski definition) is 6. The predicted molar refractivity (Wildman–Crippen MR) is 157 cm³/mol. The minimum absolute atomic E-state index is 0.128. The highest BCUT2D eigenvalue weighted by Gasteiger charge is 2.30. The van der Waals surface area contributed by atoms with E-state index in [-0.39, 0.29) is 50.6 Å². The molecule has 3 aromatic rings. The summed E-state index contributed by atoms with van der Waals surface area (Å²) in [6.45, 7) is 2.69. The Labute approximate surface area is 245 Å². The maximum atomic E-state index is 13.4. The Hall–Kier alpha value is -4.86. The molecule has 0 spiro atoms. The molecular weight excluding hydrogens is 536 g/mol. The number of aryl methyl sites for hydroxylation is 1. The molecule has 1 heterocycles. The number of nitrogens with one attached hydrogen (secondary N) is 3. The van der Waals surface area contributed by atoms with E-state index in [1.54, 1.807) is 31.3 Å². The molecule has 1 aliphatic rings. The first kappa shape index (κ1) is 30.1. The molecule has 4 rings (SSSR count). The average Bonchev–Trinajstić information content (AvgIpc) is 2.99. The van der Waals surface area contributed by atoms with Crippen LogP contribution < -0.4 is 25.4 Å². The van der Waals surface area contributed by atoms with Gasteiger partial charge in [-0.25, -0.2) is 0 Å². The zero-order valence-corrected chi connectivity index (χ0v) is 23.8. The van der Waals surface area contributed by atoms with Crippen LogP contribution in [0.2, 0.25) is 0 Å². The summed E-state index contributed by atoms with van der Waals surface area (Å²) in [6.07, 6.45) is -0.110. The van der Waals surface area contributed by atoms with Crippen LogP contribution in [0, 0.1) is 6.92 Å². The second kappa shape index (κ2) is 14.7. The number of fused-ring (bicyclic) bond motifs is 1. The minimum Gasteiger partial charge on any atom is -0.492 e. The van der Waals surface area contributed by atoms with Crippen LogP contribution in [0.15, 0.2) is 78.9 Å². The van der Waals surface area contributed by atoms with Gasteiger partial charge in [-0.1, -0.05) is 60.2 Å². The second-order valence-electron chi connectivity index (χ2n) is 10.1. The van der Waals surface area contributed by atoms with Crippen molar-refractivity contribution in [3.8, 4) is 11.5 Å². The third-order valence-corrected chi connectivity index (χ3v) is 6.81. The van der Waals surface area contributed by atoms with Crippen molar-refractivity contribution < 1.29 is 28.7 Å². The van der Waals surface area contributed by atoms with E-state index in [9.17, 15) is 19.2 Å². The van der Waals surface area contributed by atoms with Gasteiger partial charge in [0.15, 0.2) is 0 Å². The lowest BCUT2D eigenvalue weighted by Gasteiger charge is -2.26. The van der Waals surface area contributed by atoms with E-state index in [4.69, 9.17) is 9.47 Å². The molecule has 4 amide bonds. The molecule has 0 fully saturated rings. The van der Waals surface area contributed by atoms with Gasteiger partial charge in [-0.05, 0) is 36.8 Å². The maximum Gasteiger partial charge on any atom is 0.255 e. The zero-order valence-electron chi connectivity index (χ0n) is 23.8. The summed E-state index contributed by atoms with van der Waals surface area (Å²) in [7, 11) is 1.63. The lowest BCUT2D eigenvalue weighted by atomic mass is 10.0. The van der Waals surface area contributed by atoms with Gasteiger partial charge in [0, 0.05) is 13.5 Å². The Kier molecular flexibility index (Phi) is 10.5. The van der Waals surface area contributed by atoms with Crippen molar-refractivity contribution in [2.24, 2.45) is 0 Å². The van der Waals surface area contributed by atoms with Crippen LogP contribution in [0.1, 0.15) is 27.9 Å². The number of para-hydroxylation sites is 1. The van der Waals surface area contributed by atoms with Crippen LogP contribution in [-0.2, 0) is 20.8 Å². The summed E-state index contributed by atoms with van der Waals surface area (Å²) < 4.78 is 11.5. The van der Waals surface area contributed by atoms with Crippen molar-refractivity contribution in [3.63, 3.8) is 0 Å². The Morgan fingerprint density at radius 3 is 2.45 bits per heavy atom. The summed E-state index contributed by atoms with van der Waals surface area (Å²) in [5.41, 5.74) is 2.18. The summed E-state index contributed by atoms with van der Waals surface area (Å²) in [4.78, 5) is 54.6. The molecule has 3 N–H and O–H groups in total. The van der Waals surface area contributed by atoms with Crippen LogP contribution in [-0.4, -0.2) is 74.0 Å². The van der Waals surface area contributed by atoms with Crippen molar-refractivity contribution >= 4 is 23.6 Å². The first-order chi connectivity index (χ1) is 20.3. The number of benzene rings is 3. The lowest BCUT2D eigenvalue weighted by Crippen LogP contribution is -2.53. The summed E-state index contributed by atoms with van der Waals surface area (Å²) in [6, 6.07) is 21.4. The topological polar surface area (TPSA) is 126 Å². The predicted octanol–water partition coefficient (Wildman–Crippen LogP) is 2.26. The number of likely N-dealkylation sites (N-methyl/N-ethyl adjacent to an activating group) is 1. The number of carbonyl (C=O) groups is 4. The molecule has 0 radical (unpaired) electrons. The molecule has 1 aliphatic heterocycles. The van der Waals surface area contributed by atoms with E-state index in [0.717, 1.165) is 11.1 Å². The molecule has 2 atom stereocenters. The van der Waals surface area contributed by atoms with E-state index >= 15 is 0 Å². The van der Waals surface area contributed by atoms with E-state index in [1.807, 2.05) is 61.5 Å². The quantitative estimate of drug-likeness (QED) is 0.373. The molecule has 0 saturated carbocycles. The Morgan fingerprint density at radius 1 is 0.976 bits per heavy atom. The van der Waals surface area contributed by atoms with Crippen molar-refractivity contribution in [2.45, 2.75) is 31.8 Å². The van der Waals surface area contributed by atoms with E-state index in [1.165, 1.54) is 4.90 Å². The molecule has 42 heavy (non-hydrogen) atoms. The standard InChI is InChI=1S/C32H36N4O6/c1-22-12-14-24(15-13-22)41-18-16-33-31(39)26-21-29(37)34-27(20-23-8-4-3-5-9-23)32(40)36(2)17-19-42-28-11-7-6-10-25(28)30(38)35-26/h3-15,26-27H,16-21H2,1-2H3,(H,33,39)(H,34,37)(H,35,38)/t26-,27-/m0/s1. The monoisotopic (exact) mass is 572 g/mol. The molecule has 0 unspecified atom stereocenters. The molecule has 3 aromatic carbocycles. The van der Waals surface area contributed by atoms with Gasteiger partial charge in [-0.15, -0.1) is 0 Å². The fraction of sp³-hybridized carbons (Fsp3) is 0.312. The third kappa shape index (κ3) is 8.57. The Morgan fingerprint density at radius 2 is 1.69 bits per heavy atom. The number of rotatable bonds is 7. The third-order valence-electron chi connectivity index (χ3n) is 6.81. The highest BCUT2D eigenvalue weighted by atomic mass is 16.5. The fourth-order valence-electron chi connectivity index (χ4n) is 4.48. The molecular formula is C32H36N4O6. The molecule has 220 valence electrons. The van der Waals surface area contributed by atoms with Crippen molar-refractivity contribution in [1.29, 1.82) is 0 Å². The van der Waals surface area contributed by atoms with Crippen LogP contribution in [0.5, 0.6) is 11.5 Å². The molecule has 0 bridgehead atoms. The summed E-state index contributed by atoms with van der Waals surface area (Å²) in [5, 5.41) is 8.20. The van der Waals surface area contributed by atoms with Crippen LogP contribution >= 0.6 is 0 Å². The number of ether oxygens (including phenoxy) is 2. The van der Waals surface area contributed by atoms with Gasteiger partial charge in [0.1, 0.15) is 36.8 Å². The molecule has 10 nitrogen and oxygen atoms in total. The molecule has 0 aliphatic carbocycles. The van der Waals surface area contributed by atoms with Gasteiger partial charge in [0.2, 0.25) is 17.7 Å². The van der Waals surface area contributed by atoms with Crippen molar-refractivity contribution in [3.05, 3.63) is 95.6 Å². The number of hydrogen-bond donors (Lipinski definition) is 3. The smallest absolute Gasteiger partial charge is 0.255 e. The average molecular weight is 573 g/mol. The number of amides is 4. The highest BCUT2D eigenvalue weighted by Crippen LogP contribution is 2.19. The second-order valence-corrected chi connectivity index (χ2v) is 10.1. The van der Waals surface area contributed by atoms with Crippen molar-refractivity contribution in [1.82, 2.24) is 20.9 Å². The highest BCUT2D eigenvalue weighted by molar-refractivity contribution is 6.01. The van der Waals surface area contributed by atoms with Crippen LogP contribution in [0.25, 0.3) is 0 Å². The first-order valence-electron chi connectivity index (χ1n) is 13.9. The molecule has 10 heteroatoms.